The number of amidine groups is 1. The van der Waals surface area contributed by atoms with Crippen molar-refractivity contribution < 1.29 is 9.72 Å². The van der Waals surface area contributed by atoms with Gasteiger partial charge in [-0.1, -0.05) is 0 Å². The third-order valence-electron chi connectivity index (χ3n) is 3.82. The van der Waals surface area contributed by atoms with Crippen molar-refractivity contribution in [3.8, 4) is 0 Å². The molecule has 1 aliphatic rings. The molecule has 2 aromatic carbocycles. The van der Waals surface area contributed by atoms with Crippen molar-refractivity contribution in [3.63, 3.8) is 0 Å². The van der Waals surface area contributed by atoms with Gasteiger partial charge in [0.1, 0.15) is 11.5 Å². The first-order chi connectivity index (χ1) is 12.4. The number of anilines is 3. The van der Waals surface area contributed by atoms with Crippen LogP contribution in [0.15, 0.2) is 41.4 Å². The van der Waals surface area contributed by atoms with E-state index in [9.17, 15) is 14.9 Å². The summed E-state index contributed by atoms with van der Waals surface area (Å²) in [5.74, 6) is 0.491. The predicted octanol–water partition coefficient (Wildman–Crippen LogP) is 2.96. The number of benzene rings is 2. The maximum Gasteiger partial charge on any atom is 0.293 e. The van der Waals surface area contributed by atoms with Crippen LogP contribution in [-0.4, -0.2) is 29.8 Å². The summed E-state index contributed by atoms with van der Waals surface area (Å²) in [6, 6.07) is 10.4. The quantitative estimate of drug-likeness (QED) is 0.566. The van der Waals surface area contributed by atoms with Gasteiger partial charge in [0.15, 0.2) is 0 Å². The number of aryl methyl sites for hydroxylation is 1. The highest BCUT2D eigenvalue weighted by Gasteiger charge is 2.18. The fraction of sp³-hybridized carbons (Fsp3) is 0.222. The van der Waals surface area contributed by atoms with Crippen molar-refractivity contribution in [1.29, 1.82) is 0 Å². The summed E-state index contributed by atoms with van der Waals surface area (Å²) in [6.45, 7) is 4.72. The molecule has 0 aliphatic carbocycles. The molecule has 0 unspecified atom stereocenters. The van der Waals surface area contributed by atoms with Gasteiger partial charge in [0, 0.05) is 36.5 Å². The van der Waals surface area contributed by atoms with E-state index in [4.69, 9.17) is 0 Å². The lowest BCUT2D eigenvalue weighted by molar-refractivity contribution is -0.383. The van der Waals surface area contributed by atoms with Gasteiger partial charge in [-0.3, -0.25) is 19.9 Å². The molecule has 134 valence electrons. The first kappa shape index (κ1) is 17.4. The monoisotopic (exact) mass is 353 g/mol. The average Bonchev–Trinajstić information content (AvgIpc) is 3.08. The molecule has 3 rings (SSSR count). The zero-order valence-electron chi connectivity index (χ0n) is 14.5. The Morgan fingerprint density at radius 3 is 2.65 bits per heavy atom. The molecule has 26 heavy (non-hydrogen) atoms. The molecule has 0 aromatic heterocycles. The average molecular weight is 353 g/mol. The Hall–Kier alpha value is -3.42. The van der Waals surface area contributed by atoms with E-state index in [0.717, 1.165) is 12.1 Å². The van der Waals surface area contributed by atoms with E-state index in [1.54, 1.807) is 18.2 Å². The molecule has 3 N–H and O–H groups in total. The van der Waals surface area contributed by atoms with Crippen molar-refractivity contribution in [3.05, 3.63) is 57.6 Å². The summed E-state index contributed by atoms with van der Waals surface area (Å²) < 4.78 is 0. The molecular weight excluding hydrogens is 334 g/mol. The lowest BCUT2D eigenvalue weighted by Gasteiger charge is -2.12. The van der Waals surface area contributed by atoms with Crippen LogP contribution in [0.1, 0.15) is 18.1 Å². The second-order valence-corrected chi connectivity index (χ2v) is 6.04. The molecule has 1 amide bonds. The Balaban J connectivity index is 1.93. The van der Waals surface area contributed by atoms with Gasteiger partial charge in [0.05, 0.1) is 11.5 Å². The van der Waals surface area contributed by atoms with Gasteiger partial charge in [0.25, 0.3) is 5.69 Å². The molecule has 2 aromatic rings. The lowest BCUT2D eigenvalue weighted by atomic mass is 10.1. The molecule has 0 atom stereocenters. The fourth-order valence-corrected chi connectivity index (χ4v) is 2.81. The minimum absolute atomic E-state index is 0.0403. The van der Waals surface area contributed by atoms with Gasteiger partial charge >= 0.3 is 0 Å². The topological polar surface area (TPSA) is 109 Å². The van der Waals surface area contributed by atoms with E-state index in [2.05, 4.69) is 20.9 Å². The van der Waals surface area contributed by atoms with Gasteiger partial charge < -0.3 is 16.0 Å². The van der Waals surface area contributed by atoms with Crippen LogP contribution in [0.3, 0.4) is 0 Å². The zero-order valence-corrected chi connectivity index (χ0v) is 14.5. The highest BCUT2D eigenvalue weighted by Crippen LogP contribution is 2.30. The first-order valence-electron chi connectivity index (χ1n) is 8.16. The van der Waals surface area contributed by atoms with Crippen molar-refractivity contribution in [2.75, 3.05) is 23.7 Å². The maximum atomic E-state index is 11.5. The number of carbonyl (C=O) groups excluding carboxylic acids is 1. The molecular formula is C18H19N5O3. The normalized spacial score (nSPS) is 12.9. The smallest absolute Gasteiger partial charge is 0.293 e. The Labute approximate surface area is 150 Å². The SMILES string of the molecule is CC(=O)Nc1cc(C)cc(Nc2ccc(C3=NCCN3)cc2[N+](=O)[O-])c1. The first-order valence-corrected chi connectivity index (χ1v) is 8.16. The number of nitrogens with one attached hydrogen (secondary N) is 3. The number of hydrogen-bond acceptors (Lipinski definition) is 6. The third kappa shape index (κ3) is 3.97. The Bertz CT molecular complexity index is 908. The number of aliphatic imine (C=N–C) groups is 1. The van der Waals surface area contributed by atoms with Crippen LogP contribution < -0.4 is 16.0 Å². The summed E-state index contributed by atoms with van der Waals surface area (Å²) in [6.07, 6.45) is 0. The molecule has 1 heterocycles. The molecule has 0 saturated carbocycles. The summed E-state index contributed by atoms with van der Waals surface area (Å²) in [4.78, 5) is 26.6. The highest BCUT2D eigenvalue weighted by atomic mass is 16.6. The molecule has 8 heteroatoms. The molecule has 0 radical (unpaired) electrons. The molecule has 0 saturated heterocycles. The molecule has 0 spiro atoms. The van der Waals surface area contributed by atoms with E-state index in [0.29, 0.717) is 35.0 Å². The van der Waals surface area contributed by atoms with Crippen molar-refractivity contribution in [1.82, 2.24) is 5.32 Å². The molecule has 0 bridgehead atoms. The predicted molar refractivity (Wildman–Crippen MR) is 101 cm³/mol. The van der Waals surface area contributed by atoms with Gasteiger partial charge in [-0.15, -0.1) is 0 Å². The highest BCUT2D eigenvalue weighted by molar-refractivity contribution is 6.01. The third-order valence-corrected chi connectivity index (χ3v) is 3.82. The van der Waals surface area contributed by atoms with Crippen LogP contribution >= 0.6 is 0 Å². The van der Waals surface area contributed by atoms with E-state index >= 15 is 0 Å². The number of carbonyl (C=O) groups is 1. The van der Waals surface area contributed by atoms with Crippen LogP contribution in [0.4, 0.5) is 22.7 Å². The zero-order chi connectivity index (χ0) is 18.7. The number of amides is 1. The Kier molecular flexibility index (Phi) is 4.83. The van der Waals surface area contributed by atoms with Gasteiger partial charge in [0.2, 0.25) is 5.91 Å². The van der Waals surface area contributed by atoms with Crippen molar-refractivity contribution in [2.45, 2.75) is 13.8 Å². The van der Waals surface area contributed by atoms with Crippen molar-refractivity contribution >= 4 is 34.5 Å². The second kappa shape index (κ2) is 7.22. The second-order valence-electron chi connectivity index (χ2n) is 6.04. The van der Waals surface area contributed by atoms with Gasteiger partial charge in [-0.25, -0.2) is 0 Å². The van der Waals surface area contributed by atoms with E-state index in [-0.39, 0.29) is 11.6 Å². The maximum absolute atomic E-state index is 11.5. The Morgan fingerprint density at radius 1 is 1.23 bits per heavy atom. The number of nitro groups is 1. The molecule has 1 aliphatic heterocycles. The largest absolute Gasteiger partial charge is 0.368 e. The van der Waals surface area contributed by atoms with Crippen LogP contribution in [-0.2, 0) is 4.79 Å². The van der Waals surface area contributed by atoms with Crippen LogP contribution in [0.2, 0.25) is 0 Å². The number of rotatable bonds is 5. The van der Waals surface area contributed by atoms with Gasteiger partial charge in [-0.05, 0) is 42.8 Å². The standard InChI is InChI=1S/C18H19N5O3/c1-11-7-14(21-12(2)24)10-15(8-11)22-16-4-3-13(9-17(16)23(25)26)18-19-5-6-20-18/h3-4,7-10,22H,5-6H2,1-2H3,(H,19,20)(H,21,24). The summed E-state index contributed by atoms with van der Waals surface area (Å²) >= 11 is 0. The fourth-order valence-electron chi connectivity index (χ4n) is 2.81. The summed E-state index contributed by atoms with van der Waals surface area (Å²) in [5, 5.41) is 20.4. The minimum atomic E-state index is -0.425. The molecule has 0 fully saturated rings. The number of nitrogens with zero attached hydrogens (tertiary/aromatic N) is 2. The van der Waals surface area contributed by atoms with E-state index in [1.165, 1.54) is 13.0 Å². The molecule has 8 nitrogen and oxygen atoms in total. The van der Waals surface area contributed by atoms with E-state index in [1.807, 2.05) is 19.1 Å². The van der Waals surface area contributed by atoms with E-state index < -0.39 is 4.92 Å². The van der Waals surface area contributed by atoms with Crippen LogP contribution in [0.5, 0.6) is 0 Å². The number of hydrogen-bond donors (Lipinski definition) is 3. The lowest BCUT2D eigenvalue weighted by Crippen LogP contribution is -2.19. The van der Waals surface area contributed by atoms with Crippen molar-refractivity contribution in [2.24, 2.45) is 4.99 Å². The Morgan fingerprint density at radius 2 is 2.00 bits per heavy atom. The van der Waals surface area contributed by atoms with Crippen LogP contribution in [0.25, 0.3) is 0 Å². The van der Waals surface area contributed by atoms with Crippen LogP contribution in [0, 0.1) is 17.0 Å². The number of nitro benzene ring substituents is 1. The van der Waals surface area contributed by atoms with Gasteiger partial charge in [-0.2, -0.15) is 0 Å². The minimum Gasteiger partial charge on any atom is -0.368 e. The summed E-state index contributed by atoms with van der Waals surface area (Å²) in [7, 11) is 0. The summed E-state index contributed by atoms with van der Waals surface area (Å²) in [5.41, 5.74) is 3.22.